The number of ether oxygens (including phenoxy) is 1. The van der Waals surface area contributed by atoms with Gasteiger partial charge in [0, 0.05) is 78.5 Å². The average Bonchev–Trinajstić information content (AvgIpc) is 4.17. The van der Waals surface area contributed by atoms with Crippen LogP contribution in [0.4, 0.5) is 31.5 Å². The van der Waals surface area contributed by atoms with Gasteiger partial charge in [-0.15, -0.1) is 53.6 Å². The monoisotopic (exact) mass is 1220 g/mol. The van der Waals surface area contributed by atoms with Gasteiger partial charge in [0.2, 0.25) is 0 Å². The van der Waals surface area contributed by atoms with Crippen LogP contribution >= 0.6 is 0 Å². The number of hydrogen-bond donors (Lipinski definition) is 0. The van der Waals surface area contributed by atoms with Gasteiger partial charge < -0.3 is 19.1 Å². The maximum Gasteiger partial charge on any atom is 0.135 e. The van der Waals surface area contributed by atoms with Crippen LogP contribution in [0.3, 0.4) is 0 Å². The summed E-state index contributed by atoms with van der Waals surface area (Å²) in [7, 11) is 0. The summed E-state index contributed by atoms with van der Waals surface area (Å²) in [5.41, 5.74) is 15.2. The van der Waals surface area contributed by atoms with Crippen molar-refractivity contribution in [2.24, 2.45) is 0 Å². The van der Waals surface area contributed by atoms with Crippen LogP contribution in [0.25, 0.3) is 61.0 Å². The zero-order valence-corrected chi connectivity index (χ0v) is 49.7. The molecule has 0 atom stereocenters. The fraction of sp³-hybridized carbons (Fsp3) is 0.239. The van der Waals surface area contributed by atoms with Crippen LogP contribution in [0.1, 0.15) is 111 Å². The molecule has 10 aromatic rings. The molecular weight excluding hydrogens is 1160 g/mol. The molecule has 404 valence electrons. The third-order valence-corrected chi connectivity index (χ3v) is 15.2. The molecule has 2 aromatic heterocycles. The number of nitrogens with zero attached hydrogens (tertiary/aromatic N) is 4. The summed E-state index contributed by atoms with van der Waals surface area (Å²) in [4.78, 5) is 9.24. The van der Waals surface area contributed by atoms with Gasteiger partial charge in [0.15, 0.2) is 0 Å². The minimum absolute atomic E-state index is 0. The fourth-order valence-electron chi connectivity index (χ4n) is 10.7. The Labute approximate surface area is 480 Å². The molecule has 0 unspecified atom stereocenters. The van der Waals surface area contributed by atoms with E-state index in [1.165, 1.54) is 28.8 Å². The number of hydrogen-bond acceptors (Lipinski definition) is 4. The molecule has 0 radical (unpaired) electrons. The van der Waals surface area contributed by atoms with Crippen molar-refractivity contribution in [3.63, 3.8) is 0 Å². The number of rotatable bonds is 8. The van der Waals surface area contributed by atoms with E-state index in [-0.39, 0.29) is 42.7 Å². The van der Waals surface area contributed by atoms with Crippen LogP contribution in [0.2, 0.25) is 0 Å². The Morgan fingerprint density at radius 3 is 1.67 bits per heavy atom. The zero-order chi connectivity index (χ0) is 55.2. The number of anilines is 4. The first-order valence-corrected chi connectivity index (χ1v) is 27.0. The molecule has 0 bridgehead atoms. The second-order valence-electron chi connectivity index (χ2n) is 25.1. The minimum Gasteiger partial charge on any atom is -0.509 e. The maximum atomic E-state index is 15.7. The summed E-state index contributed by atoms with van der Waals surface area (Å²) >= 11 is 0. The number of fused-ring (bicyclic) bond motifs is 4. The predicted molar refractivity (Wildman–Crippen MR) is 320 cm³/mol. The molecule has 1 aliphatic heterocycles. The zero-order valence-electron chi connectivity index (χ0n) is 47.4. The van der Waals surface area contributed by atoms with Crippen LogP contribution in [0.5, 0.6) is 11.5 Å². The van der Waals surface area contributed by atoms with Gasteiger partial charge in [-0.3, -0.25) is 0 Å². The first-order valence-electron chi connectivity index (χ1n) is 27.0. The molecule has 0 amide bonds. The van der Waals surface area contributed by atoms with Crippen molar-refractivity contribution in [1.82, 2.24) is 9.55 Å². The van der Waals surface area contributed by atoms with Crippen molar-refractivity contribution in [2.75, 3.05) is 9.80 Å². The average molecular weight is 1230 g/mol. The van der Waals surface area contributed by atoms with Gasteiger partial charge in [-0.1, -0.05) is 161 Å². The summed E-state index contributed by atoms with van der Waals surface area (Å²) in [6.07, 6.45) is 1.89. The molecule has 0 saturated heterocycles. The van der Waals surface area contributed by atoms with E-state index < -0.39 is 11.6 Å². The van der Waals surface area contributed by atoms with Crippen molar-refractivity contribution in [1.29, 1.82) is 0 Å². The quantitative estimate of drug-likeness (QED) is 0.142. The van der Waals surface area contributed by atoms with Crippen molar-refractivity contribution < 1.29 is 34.6 Å². The van der Waals surface area contributed by atoms with Gasteiger partial charge in [0.25, 0.3) is 0 Å². The number of benzene rings is 8. The molecule has 8 heteroatoms. The first kappa shape index (κ1) is 55.0. The van der Waals surface area contributed by atoms with Gasteiger partial charge in [0.1, 0.15) is 17.5 Å². The Hall–Kier alpha value is -7.34. The van der Waals surface area contributed by atoms with E-state index >= 15 is 8.78 Å². The van der Waals surface area contributed by atoms with Crippen LogP contribution in [0.15, 0.2) is 164 Å². The van der Waals surface area contributed by atoms with Crippen LogP contribution < -0.4 is 14.5 Å². The molecule has 0 spiro atoms. The third kappa shape index (κ3) is 10.7. The third-order valence-electron chi connectivity index (χ3n) is 15.2. The Bertz CT molecular complexity index is 3920. The van der Waals surface area contributed by atoms with Gasteiger partial charge >= 0.3 is 0 Å². The smallest absolute Gasteiger partial charge is 0.135 e. The van der Waals surface area contributed by atoms with Crippen LogP contribution in [-0.2, 0) is 42.7 Å². The molecule has 0 N–H and O–H groups in total. The molecule has 11 rings (SSSR count). The molecule has 0 saturated carbocycles. The second kappa shape index (κ2) is 20.4. The Balaban J connectivity index is 0.00000704. The molecule has 0 aliphatic carbocycles. The largest absolute Gasteiger partial charge is 0.509 e. The van der Waals surface area contributed by atoms with Crippen molar-refractivity contribution in [2.45, 2.75) is 112 Å². The van der Waals surface area contributed by atoms with E-state index in [4.69, 9.17) is 9.72 Å². The van der Waals surface area contributed by atoms with Crippen molar-refractivity contribution >= 4 is 44.6 Å². The summed E-state index contributed by atoms with van der Waals surface area (Å²) in [5, 5.41) is 2.14. The Kier molecular flexibility index (Phi) is 14.2. The normalized spacial score (nSPS) is 13.1. The molecule has 8 aromatic carbocycles. The Morgan fingerprint density at radius 1 is 0.481 bits per heavy atom. The van der Waals surface area contributed by atoms with Gasteiger partial charge in [-0.2, -0.15) is 6.07 Å². The number of aryl methyl sites for hydroxylation is 1. The van der Waals surface area contributed by atoms with E-state index in [9.17, 15) is 0 Å². The van der Waals surface area contributed by atoms with Gasteiger partial charge in [-0.05, 0) is 133 Å². The standard InChI is InChI=1S/C71H67F2N4O.Pt/c1-44-20-14-15-21-57(44)47-34-54(41-56(35-47)78-55-26-27-59-58-22-16-17-23-62(58)77(65(59)42-55)66-39-48(28-29-74-66)68(2,3)4)75-43-76(64-25-19-18-24-63(64)75)67-60(45-30-49(69(5,6)7)36-50(31-45)70(8,9)10)37-51(71(11,12)13)38-61(67)46-32-52(72)40-53(73)33-46;/h14-40,43H,1-13H3;/q-3;. The number of pyridine rings is 1. The first-order chi connectivity index (χ1) is 36.9. The Morgan fingerprint density at radius 2 is 1.04 bits per heavy atom. The second-order valence-corrected chi connectivity index (χ2v) is 25.1. The summed E-state index contributed by atoms with van der Waals surface area (Å²) in [5.74, 6) is 0.549. The topological polar surface area (TPSA) is 33.5 Å². The van der Waals surface area contributed by atoms with Crippen molar-refractivity contribution in [3.8, 4) is 50.7 Å². The summed E-state index contributed by atoms with van der Waals surface area (Å²) in [6.45, 7) is 30.9. The van der Waals surface area contributed by atoms with E-state index in [1.807, 2.05) is 30.5 Å². The minimum atomic E-state index is -0.643. The molecular formula is C71H67F2N4OPt-3. The fourth-order valence-corrected chi connectivity index (χ4v) is 10.7. The van der Waals surface area contributed by atoms with Gasteiger partial charge in [0.05, 0.1) is 0 Å². The SMILES string of the molecule is Cc1ccccc1-c1cc(Oc2[c-]c3c(cc2)c2ccccc2n3-c2cc(C(C)(C)C)ccn2)[c-]c(N2[CH-]N(c3c(-c4cc(F)cc(F)c4)cc(C(C)(C)C)cc3-c3cc(C(C)(C)C)cc(C(C)(C)C)c3)c3ccccc32)c1.[Pt]. The van der Waals surface area contributed by atoms with Crippen LogP contribution in [0, 0.1) is 37.4 Å². The van der Waals surface area contributed by atoms with Crippen molar-refractivity contribution in [3.05, 3.63) is 222 Å². The van der Waals surface area contributed by atoms with E-state index in [0.29, 0.717) is 22.6 Å². The molecule has 79 heavy (non-hydrogen) atoms. The van der Waals surface area contributed by atoms with E-state index in [0.717, 1.165) is 89.8 Å². The molecule has 3 heterocycles. The summed E-state index contributed by atoms with van der Waals surface area (Å²) < 4.78 is 40.5. The number of aromatic nitrogens is 2. The number of halogens is 2. The van der Waals surface area contributed by atoms with E-state index in [1.54, 1.807) is 0 Å². The molecule has 0 fully saturated rings. The molecule has 5 nitrogen and oxygen atoms in total. The van der Waals surface area contributed by atoms with Crippen LogP contribution in [-0.4, -0.2) is 9.55 Å². The molecule has 1 aliphatic rings. The maximum absolute atomic E-state index is 15.7. The summed E-state index contributed by atoms with van der Waals surface area (Å²) in [6, 6.07) is 60.1. The van der Waals surface area contributed by atoms with Gasteiger partial charge in [-0.25, -0.2) is 13.8 Å². The predicted octanol–water partition coefficient (Wildman–Crippen LogP) is 19.8. The number of para-hydroxylation sites is 3. The van der Waals surface area contributed by atoms with E-state index in [2.05, 4.69) is 238 Å².